The second-order valence-electron chi connectivity index (χ2n) is 6.86. The molecule has 3 nitrogen and oxygen atoms in total. The largest absolute Gasteiger partial charge is 0.282 e. The number of benzene rings is 3. The van der Waals surface area contributed by atoms with Crippen molar-refractivity contribution in [1.29, 1.82) is 0 Å². The van der Waals surface area contributed by atoms with Crippen molar-refractivity contribution in [3.8, 4) is 0 Å². The number of amidine groups is 1. The molecule has 1 aliphatic rings. The number of rotatable bonds is 3. The number of aliphatic imine (C=N–C) groups is 1. The summed E-state index contributed by atoms with van der Waals surface area (Å²) in [6.45, 7) is 4.07. The number of hydrogen-bond donors (Lipinski definition) is 0. The molecule has 28 heavy (non-hydrogen) atoms. The van der Waals surface area contributed by atoms with Gasteiger partial charge in [0.2, 0.25) is 0 Å². The molecule has 0 unspecified atom stereocenters. The zero-order chi connectivity index (χ0) is 19.7. The maximum Gasteiger partial charge on any atom is 0.282 e. The van der Waals surface area contributed by atoms with Gasteiger partial charge in [0.25, 0.3) is 5.91 Å². The molecule has 0 saturated heterocycles. The van der Waals surface area contributed by atoms with Gasteiger partial charge in [-0.3, -0.25) is 9.69 Å². The van der Waals surface area contributed by atoms with Gasteiger partial charge in [0.15, 0.2) is 0 Å². The van der Waals surface area contributed by atoms with Gasteiger partial charge in [0.1, 0.15) is 11.5 Å². The molecule has 0 atom stereocenters. The minimum atomic E-state index is -0.126. The van der Waals surface area contributed by atoms with E-state index >= 15 is 0 Å². The molecule has 0 N–H and O–H groups in total. The van der Waals surface area contributed by atoms with E-state index in [-0.39, 0.29) is 5.91 Å². The first-order chi connectivity index (χ1) is 13.5. The summed E-state index contributed by atoms with van der Waals surface area (Å²) in [4.78, 5) is 19.7. The first-order valence-corrected chi connectivity index (χ1v) is 9.85. The van der Waals surface area contributed by atoms with Crippen molar-refractivity contribution in [2.24, 2.45) is 4.99 Å². The Balaban J connectivity index is 1.82. The number of carbonyl (C=O) groups excluding carboxylic acids is 1. The third-order valence-corrected chi connectivity index (χ3v) is 5.11. The van der Waals surface area contributed by atoms with Gasteiger partial charge in [0.05, 0.1) is 5.69 Å². The van der Waals surface area contributed by atoms with Crippen LogP contribution < -0.4 is 4.90 Å². The Morgan fingerprint density at radius 2 is 1.54 bits per heavy atom. The summed E-state index contributed by atoms with van der Waals surface area (Å²) in [5.41, 5.74) is 5.39. The number of anilines is 1. The summed E-state index contributed by atoms with van der Waals surface area (Å²) in [5, 5.41) is 0. The molecule has 0 spiro atoms. The molecular weight excluding hydrogens is 412 g/mol. The highest BCUT2D eigenvalue weighted by atomic mass is 79.9. The van der Waals surface area contributed by atoms with Crippen LogP contribution in [-0.2, 0) is 4.79 Å². The molecule has 1 amide bonds. The molecule has 138 valence electrons. The molecule has 0 saturated carbocycles. The number of aryl methyl sites for hydroxylation is 2. The smallest absolute Gasteiger partial charge is 0.266 e. The van der Waals surface area contributed by atoms with E-state index in [1.54, 1.807) is 4.90 Å². The fourth-order valence-electron chi connectivity index (χ4n) is 3.10. The fraction of sp³-hybridized carbons (Fsp3) is 0.0833. The molecule has 0 fully saturated rings. The third-order valence-electron chi connectivity index (χ3n) is 4.61. The molecular formula is C24H19BrN2O. The summed E-state index contributed by atoms with van der Waals surface area (Å²) >= 11 is 3.48. The van der Waals surface area contributed by atoms with Crippen LogP contribution in [0.1, 0.15) is 22.3 Å². The van der Waals surface area contributed by atoms with Gasteiger partial charge in [-0.05, 0) is 49.8 Å². The number of halogens is 1. The highest BCUT2D eigenvalue weighted by Gasteiger charge is 2.32. The summed E-state index contributed by atoms with van der Waals surface area (Å²) in [6.07, 6.45) is 1.83. The number of hydrogen-bond acceptors (Lipinski definition) is 2. The maximum absolute atomic E-state index is 13.3. The van der Waals surface area contributed by atoms with Crippen molar-refractivity contribution in [2.45, 2.75) is 13.8 Å². The molecule has 0 bridgehead atoms. The van der Waals surface area contributed by atoms with Crippen molar-refractivity contribution in [1.82, 2.24) is 0 Å². The summed E-state index contributed by atoms with van der Waals surface area (Å²) in [6, 6.07) is 23.8. The number of nitrogens with zero attached hydrogens (tertiary/aromatic N) is 2. The lowest BCUT2D eigenvalue weighted by Crippen LogP contribution is -2.32. The highest BCUT2D eigenvalue weighted by Crippen LogP contribution is 2.28. The zero-order valence-corrected chi connectivity index (χ0v) is 17.3. The Bertz CT molecular complexity index is 1100. The molecule has 3 aromatic rings. The van der Waals surface area contributed by atoms with Crippen molar-refractivity contribution in [3.63, 3.8) is 0 Å². The molecule has 1 heterocycles. The lowest BCUT2D eigenvalue weighted by molar-refractivity contribution is -0.113. The monoisotopic (exact) mass is 430 g/mol. The predicted octanol–water partition coefficient (Wildman–Crippen LogP) is 5.90. The van der Waals surface area contributed by atoms with Crippen molar-refractivity contribution in [2.75, 3.05) is 4.90 Å². The fourth-order valence-corrected chi connectivity index (χ4v) is 3.52. The summed E-state index contributed by atoms with van der Waals surface area (Å²) in [7, 11) is 0. The molecule has 0 radical (unpaired) electrons. The van der Waals surface area contributed by atoms with Crippen molar-refractivity contribution >= 4 is 39.4 Å². The van der Waals surface area contributed by atoms with E-state index in [1.165, 1.54) is 5.56 Å². The Morgan fingerprint density at radius 1 is 0.893 bits per heavy atom. The van der Waals surface area contributed by atoms with Gasteiger partial charge in [-0.1, -0.05) is 75.6 Å². The van der Waals surface area contributed by atoms with Crippen molar-refractivity contribution in [3.05, 3.63) is 105 Å². The SMILES string of the molecule is Cc1ccc(C2=N/C(=C/c3cccc(Br)c3)C(=O)N2c2ccc(C)cc2)cc1. The van der Waals surface area contributed by atoms with Crippen LogP contribution in [-0.4, -0.2) is 11.7 Å². The predicted molar refractivity (Wildman–Crippen MR) is 119 cm³/mol. The topological polar surface area (TPSA) is 32.7 Å². The molecule has 0 aliphatic carbocycles. The van der Waals surface area contributed by atoms with Crippen LogP contribution in [0.15, 0.2) is 88.0 Å². The zero-order valence-electron chi connectivity index (χ0n) is 15.7. The van der Waals surface area contributed by atoms with Gasteiger partial charge in [-0.15, -0.1) is 0 Å². The van der Waals surface area contributed by atoms with Crippen LogP contribution in [0.4, 0.5) is 5.69 Å². The summed E-state index contributed by atoms with van der Waals surface area (Å²) < 4.78 is 0.963. The van der Waals surface area contributed by atoms with Crippen LogP contribution in [0, 0.1) is 13.8 Å². The van der Waals surface area contributed by atoms with Crippen LogP contribution in [0.25, 0.3) is 6.08 Å². The Kier molecular flexibility index (Phi) is 4.97. The van der Waals surface area contributed by atoms with E-state index in [2.05, 4.69) is 15.9 Å². The quantitative estimate of drug-likeness (QED) is 0.476. The lowest BCUT2D eigenvalue weighted by atomic mass is 10.1. The standard InChI is InChI=1S/C24H19BrN2O/c1-16-6-10-19(11-7-16)23-26-22(15-18-4-3-5-20(25)14-18)24(28)27(23)21-12-8-17(2)9-13-21/h3-15H,1-2H3/b22-15+. The molecule has 1 aliphatic heterocycles. The molecule has 4 rings (SSSR count). The maximum atomic E-state index is 13.3. The van der Waals surface area contributed by atoms with Gasteiger partial charge in [0, 0.05) is 10.0 Å². The van der Waals surface area contributed by atoms with Crippen LogP contribution in [0.3, 0.4) is 0 Å². The highest BCUT2D eigenvalue weighted by molar-refractivity contribution is 9.10. The minimum Gasteiger partial charge on any atom is -0.266 e. The van der Waals surface area contributed by atoms with E-state index in [1.807, 2.05) is 92.7 Å². The van der Waals surface area contributed by atoms with E-state index in [0.29, 0.717) is 11.5 Å². The van der Waals surface area contributed by atoms with Gasteiger partial charge < -0.3 is 0 Å². The average molecular weight is 431 g/mol. The van der Waals surface area contributed by atoms with E-state index in [9.17, 15) is 4.79 Å². The van der Waals surface area contributed by atoms with E-state index in [0.717, 1.165) is 26.9 Å². The molecule has 3 aromatic carbocycles. The first kappa shape index (κ1) is 18.4. The van der Waals surface area contributed by atoms with Crippen LogP contribution in [0.5, 0.6) is 0 Å². The lowest BCUT2D eigenvalue weighted by Gasteiger charge is -2.19. The minimum absolute atomic E-state index is 0.126. The first-order valence-electron chi connectivity index (χ1n) is 9.05. The second kappa shape index (κ2) is 7.56. The van der Waals surface area contributed by atoms with E-state index < -0.39 is 0 Å². The number of carbonyl (C=O) groups is 1. The van der Waals surface area contributed by atoms with Crippen molar-refractivity contribution < 1.29 is 4.79 Å². The molecule has 4 heteroatoms. The summed E-state index contributed by atoms with van der Waals surface area (Å²) in [5.74, 6) is 0.523. The Morgan fingerprint density at radius 3 is 2.18 bits per heavy atom. The normalized spacial score (nSPS) is 15.2. The van der Waals surface area contributed by atoms with Gasteiger partial charge in [-0.2, -0.15) is 0 Å². The molecule has 0 aromatic heterocycles. The van der Waals surface area contributed by atoms with E-state index in [4.69, 9.17) is 4.99 Å². The van der Waals surface area contributed by atoms with Crippen LogP contribution >= 0.6 is 15.9 Å². The third kappa shape index (κ3) is 3.69. The second-order valence-corrected chi connectivity index (χ2v) is 7.78. The van der Waals surface area contributed by atoms with Gasteiger partial charge >= 0.3 is 0 Å². The average Bonchev–Trinajstić information content (AvgIpc) is 2.99. The van der Waals surface area contributed by atoms with Crippen LogP contribution in [0.2, 0.25) is 0 Å². The Hall–Kier alpha value is -2.98. The number of amides is 1. The van der Waals surface area contributed by atoms with Gasteiger partial charge in [-0.25, -0.2) is 4.99 Å². The Labute approximate surface area is 173 Å².